The van der Waals surface area contributed by atoms with Crippen LogP contribution in [0.2, 0.25) is 0 Å². The molecule has 1 saturated heterocycles. The third kappa shape index (κ3) is 5.35. The van der Waals surface area contributed by atoms with Gasteiger partial charge in [0.2, 0.25) is 0 Å². The molecule has 0 aliphatic carbocycles. The predicted octanol–water partition coefficient (Wildman–Crippen LogP) is 2.98. The highest BCUT2D eigenvalue weighted by Gasteiger charge is 2.27. The van der Waals surface area contributed by atoms with Crippen molar-refractivity contribution < 1.29 is 5.11 Å². The van der Waals surface area contributed by atoms with Crippen molar-refractivity contribution in [1.82, 2.24) is 29.3 Å². The number of hydrogen-bond donors (Lipinski definition) is 2. The molecule has 3 aliphatic heterocycles. The second-order valence-corrected chi connectivity index (χ2v) is 9.04. The van der Waals surface area contributed by atoms with Crippen LogP contribution >= 0.6 is 0 Å². The molecule has 0 spiro atoms. The van der Waals surface area contributed by atoms with Crippen molar-refractivity contribution in [2.75, 3.05) is 44.6 Å². The summed E-state index contributed by atoms with van der Waals surface area (Å²) >= 11 is 0. The van der Waals surface area contributed by atoms with Gasteiger partial charge in [-0.2, -0.15) is 0 Å². The van der Waals surface area contributed by atoms with Crippen LogP contribution < -0.4 is 5.32 Å². The van der Waals surface area contributed by atoms with Crippen LogP contribution in [0.3, 0.4) is 0 Å². The van der Waals surface area contributed by atoms with Crippen molar-refractivity contribution in [3.63, 3.8) is 0 Å². The number of imidazole rings is 1. The number of β-amino-alcohol motifs (C(OH)–C–C–N with tert-alkyl or cyclic N) is 1. The maximum atomic E-state index is 10.9. The van der Waals surface area contributed by atoms with Gasteiger partial charge in [-0.05, 0) is 18.1 Å². The van der Waals surface area contributed by atoms with Crippen LogP contribution in [-0.4, -0.2) is 79.8 Å². The molecule has 3 heterocycles. The van der Waals surface area contributed by atoms with Gasteiger partial charge in [-0.25, -0.2) is 15.0 Å². The summed E-state index contributed by atoms with van der Waals surface area (Å²) in [5.74, 6) is 1.47. The largest absolute Gasteiger partial charge is 0.390 e. The van der Waals surface area contributed by atoms with E-state index in [1.54, 1.807) is 12.7 Å². The number of fused-ring (bicyclic) bond motifs is 1. The zero-order valence-electron chi connectivity index (χ0n) is 20.2. The number of piperazine rings is 1. The number of nitrogens with zero attached hydrogens (tertiary/aromatic N) is 6. The lowest BCUT2D eigenvalue weighted by molar-refractivity contribution is 0.0555. The van der Waals surface area contributed by atoms with E-state index in [0.29, 0.717) is 13.1 Å². The van der Waals surface area contributed by atoms with E-state index in [-0.39, 0.29) is 6.04 Å². The highest BCUT2D eigenvalue weighted by atomic mass is 16.3. The Morgan fingerprint density at radius 3 is 2.14 bits per heavy atom. The van der Waals surface area contributed by atoms with Crippen LogP contribution in [-0.2, 0) is 6.54 Å². The number of nitrogens with one attached hydrogen (secondary N) is 1. The Hall–Kier alpha value is -3.33. The van der Waals surface area contributed by atoms with E-state index in [0.717, 1.165) is 50.1 Å². The molecule has 0 amide bonds. The fourth-order valence-corrected chi connectivity index (χ4v) is 4.98. The summed E-state index contributed by atoms with van der Waals surface area (Å²) in [6.07, 6.45) is 2.77. The van der Waals surface area contributed by atoms with Crippen molar-refractivity contribution in [3.05, 3.63) is 84.4 Å². The van der Waals surface area contributed by atoms with Gasteiger partial charge in [0.25, 0.3) is 0 Å². The maximum Gasteiger partial charge on any atom is 0.165 e. The standard InChI is InChI=1S/C27H33N7O/c1-2-28-26-24-27(30-19-29-24)34(20-31-26)18-23(35)17-32-13-15-33(16-14-32)25(21-9-5-3-6-10-21)22-11-7-4-8-12-22/h3-12,19-20,23,25,28,35H,2,13-18H2,1H3. The Bertz CT molecular complexity index is 1120. The molecule has 0 radical (unpaired) electrons. The van der Waals surface area contributed by atoms with Crippen LogP contribution in [0.5, 0.6) is 0 Å². The van der Waals surface area contributed by atoms with Crippen LogP contribution in [0, 0.1) is 0 Å². The average Bonchev–Trinajstić information content (AvgIpc) is 3.39. The molecule has 35 heavy (non-hydrogen) atoms. The van der Waals surface area contributed by atoms with Crippen LogP contribution in [0.1, 0.15) is 24.1 Å². The highest BCUT2D eigenvalue weighted by Crippen LogP contribution is 2.29. The Balaban J connectivity index is 1.21. The Morgan fingerprint density at radius 1 is 0.857 bits per heavy atom. The fourth-order valence-electron chi connectivity index (χ4n) is 4.98. The van der Waals surface area contributed by atoms with Gasteiger partial charge in [0.15, 0.2) is 11.6 Å². The molecule has 182 valence electrons. The molecule has 1 atom stereocenters. The minimum Gasteiger partial charge on any atom is -0.390 e. The summed E-state index contributed by atoms with van der Waals surface area (Å²) in [5, 5.41) is 14.1. The summed E-state index contributed by atoms with van der Waals surface area (Å²) < 4.78 is 1.89. The lowest BCUT2D eigenvalue weighted by Crippen LogP contribution is -2.50. The molecule has 8 heteroatoms. The first-order chi connectivity index (χ1) is 17.2. The Labute approximate surface area is 206 Å². The van der Waals surface area contributed by atoms with E-state index in [1.165, 1.54) is 11.1 Å². The number of hydrogen-bond acceptors (Lipinski definition) is 7. The van der Waals surface area contributed by atoms with Crippen molar-refractivity contribution in [2.45, 2.75) is 25.6 Å². The van der Waals surface area contributed by atoms with E-state index in [2.05, 4.69) is 90.7 Å². The van der Waals surface area contributed by atoms with E-state index in [1.807, 2.05) is 11.5 Å². The first-order valence-corrected chi connectivity index (χ1v) is 12.4. The SMILES string of the molecule is CCNc1ncn(CC(O)CN2CCN(C(c3ccccc3)c3ccccc3)CC2)c2ncnc1-2. The van der Waals surface area contributed by atoms with Gasteiger partial charge in [0, 0.05) is 39.3 Å². The molecular formula is C27H33N7O. The second-order valence-electron chi connectivity index (χ2n) is 9.04. The van der Waals surface area contributed by atoms with Gasteiger partial charge in [0.05, 0.1) is 25.0 Å². The van der Waals surface area contributed by atoms with E-state index < -0.39 is 6.10 Å². The van der Waals surface area contributed by atoms with Gasteiger partial charge in [-0.1, -0.05) is 60.7 Å². The molecule has 2 aromatic rings. The molecule has 3 aliphatic rings. The molecule has 5 rings (SSSR count). The summed E-state index contributed by atoms with van der Waals surface area (Å²) in [6.45, 7) is 7.58. The smallest absolute Gasteiger partial charge is 0.165 e. The number of aromatic nitrogens is 4. The molecule has 2 N–H and O–H groups in total. The molecule has 1 unspecified atom stereocenters. The van der Waals surface area contributed by atoms with Gasteiger partial charge in [0.1, 0.15) is 12.0 Å². The van der Waals surface area contributed by atoms with Gasteiger partial charge >= 0.3 is 0 Å². The molecule has 2 aromatic carbocycles. The molecule has 0 saturated carbocycles. The lowest BCUT2D eigenvalue weighted by Gasteiger charge is -2.40. The predicted molar refractivity (Wildman–Crippen MR) is 137 cm³/mol. The Morgan fingerprint density at radius 2 is 1.51 bits per heavy atom. The fraction of sp³-hybridized carbons (Fsp3) is 0.370. The Kier molecular flexibility index (Phi) is 7.32. The number of aliphatic hydroxyl groups excluding tert-OH is 1. The van der Waals surface area contributed by atoms with Gasteiger partial charge in [-0.3, -0.25) is 9.80 Å². The molecule has 8 nitrogen and oxygen atoms in total. The van der Waals surface area contributed by atoms with Crippen molar-refractivity contribution in [1.29, 1.82) is 0 Å². The number of anilines is 1. The first kappa shape index (κ1) is 23.4. The van der Waals surface area contributed by atoms with Gasteiger partial charge in [-0.15, -0.1) is 0 Å². The molecule has 0 bridgehead atoms. The monoisotopic (exact) mass is 471 g/mol. The molecule has 0 aromatic heterocycles. The minimum atomic E-state index is -0.516. The van der Waals surface area contributed by atoms with Crippen LogP contribution in [0.4, 0.5) is 5.82 Å². The number of aliphatic hydroxyl groups is 1. The van der Waals surface area contributed by atoms with Crippen molar-refractivity contribution in [3.8, 4) is 11.5 Å². The quantitative estimate of drug-likeness (QED) is 0.388. The normalized spacial score (nSPS) is 16.1. The van der Waals surface area contributed by atoms with Crippen molar-refractivity contribution in [2.24, 2.45) is 0 Å². The highest BCUT2D eigenvalue weighted by molar-refractivity contribution is 5.66. The van der Waals surface area contributed by atoms with E-state index in [4.69, 9.17) is 0 Å². The third-order valence-corrected chi connectivity index (χ3v) is 6.62. The van der Waals surface area contributed by atoms with Crippen LogP contribution in [0.25, 0.3) is 11.5 Å². The number of rotatable bonds is 9. The second kappa shape index (κ2) is 10.9. The average molecular weight is 472 g/mol. The van der Waals surface area contributed by atoms with Crippen molar-refractivity contribution >= 4 is 5.82 Å². The molecular weight excluding hydrogens is 438 g/mol. The number of benzene rings is 2. The summed E-state index contributed by atoms with van der Waals surface area (Å²) in [5.41, 5.74) is 3.37. The first-order valence-electron chi connectivity index (χ1n) is 12.4. The van der Waals surface area contributed by atoms with Crippen LogP contribution in [0.15, 0.2) is 73.3 Å². The van der Waals surface area contributed by atoms with E-state index >= 15 is 0 Å². The summed E-state index contributed by atoms with van der Waals surface area (Å²) in [4.78, 5) is 18.1. The summed E-state index contributed by atoms with van der Waals surface area (Å²) in [7, 11) is 0. The topological polar surface area (TPSA) is 82.3 Å². The minimum absolute atomic E-state index is 0.241. The molecule has 1 fully saturated rings. The van der Waals surface area contributed by atoms with Gasteiger partial charge < -0.3 is 15.0 Å². The maximum absolute atomic E-state index is 10.9. The zero-order valence-corrected chi connectivity index (χ0v) is 20.2. The lowest BCUT2D eigenvalue weighted by atomic mass is 9.96. The zero-order chi connectivity index (χ0) is 24.0. The third-order valence-electron chi connectivity index (χ3n) is 6.62. The van der Waals surface area contributed by atoms with E-state index in [9.17, 15) is 5.11 Å². The summed E-state index contributed by atoms with van der Waals surface area (Å²) in [6, 6.07) is 21.7.